The normalized spacial score (nSPS) is 15.4. The standard InChI is InChI=1S/C9H13N5O/c1-9(15,6-10)4-7-12-13-8-5-11-2-3-14(7)8/h2-3,5,15H,4,6,10H2,1H3. The van der Waals surface area contributed by atoms with Gasteiger partial charge in [-0.1, -0.05) is 0 Å². The first kappa shape index (κ1) is 10.0. The van der Waals surface area contributed by atoms with Crippen LogP contribution in [0.5, 0.6) is 0 Å². The zero-order valence-corrected chi connectivity index (χ0v) is 8.46. The highest BCUT2D eigenvalue weighted by molar-refractivity contribution is 5.33. The smallest absolute Gasteiger partial charge is 0.179 e. The van der Waals surface area contributed by atoms with Gasteiger partial charge in [0.25, 0.3) is 0 Å². The molecule has 1 atom stereocenters. The van der Waals surface area contributed by atoms with E-state index in [0.717, 1.165) is 0 Å². The Morgan fingerprint density at radius 1 is 1.53 bits per heavy atom. The Morgan fingerprint density at radius 3 is 3.07 bits per heavy atom. The summed E-state index contributed by atoms with van der Waals surface area (Å²) in [4.78, 5) is 3.93. The van der Waals surface area contributed by atoms with E-state index in [9.17, 15) is 5.11 Å². The van der Waals surface area contributed by atoms with Gasteiger partial charge in [-0.3, -0.25) is 9.38 Å². The summed E-state index contributed by atoms with van der Waals surface area (Å²) in [5.41, 5.74) is 5.16. The van der Waals surface area contributed by atoms with Crippen LogP contribution in [0.2, 0.25) is 0 Å². The minimum absolute atomic E-state index is 0.187. The topological polar surface area (TPSA) is 89.3 Å². The molecule has 0 aliphatic carbocycles. The summed E-state index contributed by atoms with van der Waals surface area (Å²) in [6.45, 7) is 1.86. The molecule has 0 bridgehead atoms. The second-order valence-electron chi connectivity index (χ2n) is 3.80. The lowest BCUT2D eigenvalue weighted by Crippen LogP contribution is -2.37. The van der Waals surface area contributed by atoms with Gasteiger partial charge in [0.15, 0.2) is 5.65 Å². The highest BCUT2D eigenvalue weighted by atomic mass is 16.3. The molecule has 0 radical (unpaired) electrons. The van der Waals surface area contributed by atoms with Gasteiger partial charge in [0, 0.05) is 25.4 Å². The van der Waals surface area contributed by atoms with Crippen molar-refractivity contribution >= 4 is 5.65 Å². The molecule has 3 N–H and O–H groups in total. The van der Waals surface area contributed by atoms with Crippen molar-refractivity contribution < 1.29 is 5.11 Å². The molecule has 0 amide bonds. The predicted molar refractivity (Wildman–Crippen MR) is 54.2 cm³/mol. The molecule has 6 heteroatoms. The van der Waals surface area contributed by atoms with Crippen LogP contribution >= 0.6 is 0 Å². The second kappa shape index (κ2) is 3.56. The summed E-state index contributed by atoms with van der Waals surface area (Å²) >= 11 is 0. The van der Waals surface area contributed by atoms with E-state index in [1.54, 1.807) is 29.9 Å². The van der Waals surface area contributed by atoms with Gasteiger partial charge in [-0.2, -0.15) is 0 Å². The van der Waals surface area contributed by atoms with Gasteiger partial charge in [0.2, 0.25) is 0 Å². The Labute approximate surface area is 86.8 Å². The molecule has 2 rings (SSSR count). The maximum absolute atomic E-state index is 9.83. The van der Waals surface area contributed by atoms with Crippen LogP contribution in [0.25, 0.3) is 5.65 Å². The SMILES string of the molecule is CC(O)(CN)Cc1nnc2cnccn12. The quantitative estimate of drug-likeness (QED) is 0.700. The molecule has 0 aromatic carbocycles. The van der Waals surface area contributed by atoms with Gasteiger partial charge < -0.3 is 10.8 Å². The fraction of sp³-hybridized carbons (Fsp3) is 0.444. The fourth-order valence-corrected chi connectivity index (χ4v) is 1.34. The number of aromatic nitrogens is 4. The number of rotatable bonds is 3. The molecule has 0 saturated heterocycles. The maximum atomic E-state index is 9.83. The third kappa shape index (κ3) is 1.95. The second-order valence-corrected chi connectivity index (χ2v) is 3.80. The van der Waals surface area contributed by atoms with Crippen LogP contribution < -0.4 is 5.73 Å². The first-order valence-corrected chi connectivity index (χ1v) is 4.68. The van der Waals surface area contributed by atoms with Gasteiger partial charge in [-0.15, -0.1) is 10.2 Å². The molecule has 0 saturated carbocycles. The average Bonchev–Trinajstić information content (AvgIpc) is 2.62. The lowest BCUT2D eigenvalue weighted by Gasteiger charge is -2.19. The van der Waals surface area contributed by atoms with E-state index in [-0.39, 0.29) is 6.54 Å². The van der Waals surface area contributed by atoms with Crippen molar-refractivity contribution in [3.63, 3.8) is 0 Å². The maximum Gasteiger partial charge on any atom is 0.179 e. The monoisotopic (exact) mass is 207 g/mol. The molecular formula is C9H13N5O. The molecule has 15 heavy (non-hydrogen) atoms. The minimum Gasteiger partial charge on any atom is -0.388 e. The first-order chi connectivity index (χ1) is 7.12. The lowest BCUT2D eigenvalue weighted by molar-refractivity contribution is 0.0673. The molecule has 2 aromatic heterocycles. The molecule has 0 aliphatic rings. The number of nitrogens with two attached hydrogens (primary N) is 1. The van der Waals surface area contributed by atoms with E-state index in [1.807, 2.05) is 0 Å². The average molecular weight is 207 g/mol. The predicted octanol–water partition coefficient (Wildman–Crippen LogP) is -0.624. The van der Waals surface area contributed by atoms with Crippen molar-refractivity contribution in [1.82, 2.24) is 19.6 Å². The molecule has 2 heterocycles. The van der Waals surface area contributed by atoms with Gasteiger partial charge in [0.1, 0.15) is 5.82 Å². The van der Waals surface area contributed by atoms with Crippen LogP contribution in [0.3, 0.4) is 0 Å². The van der Waals surface area contributed by atoms with Crippen LogP contribution in [0, 0.1) is 0 Å². The number of hydrogen-bond acceptors (Lipinski definition) is 5. The van der Waals surface area contributed by atoms with Crippen LogP contribution in [0.1, 0.15) is 12.7 Å². The van der Waals surface area contributed by atoms with E-state index < -0.39 is 5.60 Å². The van der Waals surface area contributed by atoms with Crippen molar-refractivity contribution in [2.45, 2.75) is 18.9 Å². The van der Waals surface area contributed by atoms with Gasteiger partial charge in [-0.05, 0) is 6.92 Å². The molecule has 0 spiro atoms. The largest absolute Gasteiger partial charge is 0.388 e. The lowest BCUT2D eigenvalue weighted by atomic mass is 10.0. The molecule has 0 aliphatic heterocycles. The van der Waals surface area contributed by atoms with Crippen LogP contribution in [-0.2, 0) is 6.42 Å². The van der Waals surface area contributed by atoms with E-state index >= 15 is 0 Å². The number of nitrogens with zero attached hydrogens (tertiary/aromatic N) is 4. The van der Waals surface area contributed by atoms with Crippen molar-refractivity contribution in [3.05, 3.63) is 24.4 Å². The number of hydrogen-bond donors (Lipinski definition) is 2. The third-order valence-electron chi connectivity index (χ3n) is 2.26. The van der Waals surface area contributed by atoms with E-state index in [1.165, 1.54) is 0 Å². The first-order valence-electron chi connectivity index (χ1n) is 4.68. The molecule has 2 aromatic rings. The van der Waals surface area contributed by atoms with Gasteiger partial charge in [-0.25, -0.2) is 0 Å². The van der Waals surface area contributed by atoms with E-state index in [0.29, 0.717) is 17.9 Å². The van der Waals surface area contributed by atoms with Crippen molar-refractivity contribution in [2.24, 2.45) is 5.73 Å². The molecule has 1 unspecified atom stereocenters. The fourth-order valence-electron chi connectivity index (χ4n) is 1.34. The van der Waals surface area contributed by atoms with Crippen molar-refractivity contribution in [2.75, 3.05) is 6.54 Å². The summed E-state index contributed by atoms with van der Waals surface area (Å²) in [5, 5.41) is 17.8. The Morgan fingerprint density at radius 2 is 2.33 bits per heavy atom. The summed E-state index contributed by atoms with van der Waals surface area (Å²) in [6, 6.07) is 0. The Bertz CT molecular complexity index is 464. The number of fused-ring (bicyclic) bond motifs is 1. The Balaban J connectivity index is 2.37. The summed E-state index contributed by atoms with van der Waals surface area (Å²) in [6.07, 6.45) is 5.40. The summed E-state index contributed by atoms with van der Waals surface area (Å²) in [7, 11) is 0. The van der Waals surface area contributed by atoms with E-state index in [2.05, 4.69) is 15.2 Å². The zero-order chi connectivity index (χ0) is 10.9. The highest BCUT2D eigenvalue weighted by Crippen LogP contribution is 2.10. The summed E-state index contributed by atoms with van der Waals surface area (Å²) < 4.78 is 1.79. The van der Waals surface area contributed by atoms with Crippen LogP contribution in [0.15, 0.2) is 18.6 Å². The number of aliphatic hydroxyl groups is 1. The molecule has 0 fully saturated rings. The third-order valence-corrected chi connectivity index (χ3v) is 2.26. The van der Waals surface area contributed by atoms with Crippen molar-refractivity contribution in [1.29, 1.82) is 0 Å². The Hall–Kier alpha value is -1.53. The Kier molecular flexibility index (Phi) is 2.37. The highest BCUT2D eigenvalue weighted by Gasteiger charge is 2.21. The molecule has 6 nitrogen and oxygen atoms in total. The van der Waals surface area contributed by atoms with Gasteiger partial charge in [0.05, 0.1) is 11.8 Å². The minimum atomic E-state index is -0.952. The van der Waals surface area contributed by atoms with Crippen molar-refractivity contribution in [3.8, 4) is 0 Å². The van der Waals surface area contributed by atoms with Gasteiger partial charge >= 0.3 is 0 Å². The summed E-state index contributed by atoms with van der Waals surface area (Å²) in [5.74, 6) is 0.683. The zero-order valence-electron chi connectivity index (χ0n) is 8.46. The van der Waals surface area contributed by atoms with Crippen LogP contribution in [0.4, 0.5) is 0 Å². The molecular weight excluding hydrogens is 194 g/mol. The van der Waals surface area contributed by atoms with Crippen LogP contribution in [-0.4, -0.2) is 36.8 Å². The van der Waals surface area contributed by atoms with E-state index in [4.69, 9.17) is 5.73 Å². The molecule has 80 valence electrons.